The quantitative estimate of drug-likeness (QED) is 0.721. The number of aromatic nitrogens is 1. The van der Waals surface area contributed by atoms with E-state index in [1.54, 1.807) is 6.20 Å². The van der Waals surface area contributed by atoms with Crippen LogP contribution in [0.15, 0.2) is 16.7 Å². The van der Waals surface area contributed by atoms with Crippen LogP contribution in [0.1, 0.15) is 5.69 Å². The first-order chi connectivity index (χ1) is 4.74. The summed E-state index contributed by atoms with van der Waals surface area (Å²) in [4.78, 5) is 4.07. The van der Waals surface area contributed by atoms with Crippen LogP contribution in [0.4, 0.5) is 0 Å². The van der Waals surface area contributed by atoms with Crippen LogP contribution in [-0.4, -0.2) is 4.98 Å². The predicted octanol–water partition coefficient (Wildman–Crippen LogP) is 3.39. The molecule has 0 saturated carbocycles. The molecule has 0 aliphatic heterocycles. The van der Waals surface area contributed by atoms with Crippen LogP contribution in [0.2, 0.25) is 5.02 Å². The molecule has 1 rings (SSSR count). The van der Waals surface area contributed by atoms with Gasteiger partial charge < -0.3 is 0 Å². The summed E-state index contributed by atoms with van der Waals surface area (Å²) in [6.45, 7) is 0. The Kier molecular flexibility index (Phi) is 3.14. The third-order valence-corrected chi connectivity index (χ3v) is 2.44. The summed E-state index contributed by atoms with van der Waals surface area (Å²) < 4.78 is 0.942. The van der Waals surface area contributed by atoms with E-state index < -0.39 is 0 Å². The Morgan fingerprint density at radius 1 is 1.60 bits per heavy atom. The van der Waals surface area contributed by atoms with E-state index in [4.69, 9.17) is 11.6 Å². The maximum atomic E-state index is 5.67. The average molecular weight is 285 g/mol. The van der Waals surface area contributed by atoms with Crippen molar-refractivity contribution in [1.82, 2.24) is 4.98 Å². The normalized spacial score (nSPS) is 9.90. The topological polar surface area (TPSA) is 12.9 Å². The van der Waals surface area contributed by atoms with Crippen LogP contribution in [0.25, 0.3) is 0 Å². The van der Waals surface area contributed by atoms with Crippen molar-refractivity contribution in [3.63, 3.8) is 0 Å². The van der Waals surface area contributed by atoms with Crippen LogP contribution in [0.5, 0.6) is 0 Å². The first kappa shape index (κ1) is 8.50. The first-order valence-corrected chi connectivity index (χ1v) is 4.89. The Labute approximate surface area is 81.1 Å². The van der Waals surface area contributed by atoms with Gasteiger partial charge in [-0.3, -0.25) is 4.98 Å². The molecule has 0 N–H and O–H groups in total. The fourth-order valence-corrected chi connectivity index (χ4v) is 2.14. The van der Waals surface area contributed by atoms with Crippen molar-refractivity contribution in [1.29, 1.82) is 0 Å². The molecule has 1 aromatic heterocycles. The molecule has 0 bridgehead atoms. The zero-order valence-corrected chi connectivity index (χ0v) is 8.87. The number of hydrogen-bond donors (Lipinski definition) is 0. The van der Waals surface area contributed by atoms with E-state index in [1.165, 1.54) is 0 Å². The highest BCUT2D eigenvalue weighted by Gasteiger charge is 1.98. The predicted molar refractivity (Wildman–Crippen MR) is 49.6 cm³/mol. The van der Waals surface area contributed by atoms with Gasteiger partial charge in [-0.05, 0) is 22.0 Å². The minimum absolute atomic E-state index is 0.650. The molecule has 0 atom stereocenters. The van der Waals surface area contributed by atoms with Crippen molar-refractivity contribution < 1.29 is 0 Å². The molecule has 54 valence electrons. The van der Waals surface area contributed by atoms with E-state index >= 15 is 0 Å². The van der Waals surface area contributed by atoms with E-state index in [9.17, 15) is 0 Å². The molecule has 0 aliphatic carbocycles. The fraction of sp³-hybridized carbons (Fsp3) is 0.167. The van der Waals surface area contributed by atoms with Gasteiger partial charge in [0.15, 0.2) is 0 Å². The Balaban J connectivity index is 3.07. The molecular formula is C6H4Br2ClN. The molecule has 0 saturated heterocycles. The molecule has 10 heavy (non-hydrogen) atoms. The molecule has 0 radical (unpaired) electrons. The second kappa shape index (κ2) is 3.69. The fourth-order valence-electron chi connectivity index (χ4n) is 0.541. The minimum atomic E-state index is 0.650. The van der Waals surface area contributed by atoms with Gasteiger partial charge in [0, 0.05) is 16.0 Å². The third-order valence-electron chi connectivity index (χ3n) is 1.01. The largest absolute Gasteiger partial charge is 0.258 e. The van der Waals surface area contributed by atoms with Gasteiger partial charge in [-0.2, -0.15) is 0 Å². The smallest absolute Gasteiger partial charge is 0.0651 e. The van der Waals surface area contributed by atoms with Crippen molar-refractivity contribution in [2.24, 2.45) is 0 Å². The minimum Gasteiger partial charge on any atom is -0.258 e. The monoisotopic (exact) mass is 283 g/mol. The van der Waals surface area contributed by atoms with Crippen LogP contribution < -0.4 is 0 Å². The van der Waals surface area contributed by atoms with Crippen molar-refractivity contribution in [3.8, 4) is 0 Å². The molecule has 1 heterocycles. The zero-order valence-electron chi connectivity index (χ0n) is 4.94. The molecule has 1 nitrogen and oxygen atoms in total. The van der Waals surface area contributed by atoms with E-state index in [1.807, 2.05) is 6.07 Å². The van der Waals surface area contributed by atoms with E-state index in [-0.39, 0.29) is 0 Å². The summed E-state index contributed by atoms with van der Waals surface area (Å²) in [5, 5.41) is 1.39. The molecule has 0 unspecified atom stereocenters. The van der Waals surface area contributed by atoms with Gasteiger partial charge >= 0.3 is 0 Å². The van der Waals surface area contributed by atoms with Crippen molar-refractivity contribution in [2.45, 2.75) is 5.33 Å². The summed E-state index contributed by atoms with van der Waals surface area (Å²) in [6.07, 6.45) is 1.63. The lowest BCUT2D eigenvalue weighted by atomic mass is 10.4. The Hall–Kier alpha value is 0.400. The first-order valence-electron chi connectivity index (χ1n) is 2.60. The van der Waals surface area contributed by atoms with Crippen LogP contribution in [0, 0.1) is 0 Å². The lowest BCUT2D eigenvalue weighted by molar-refractivity contribution is 1.17. The summed E-state index contributed by atoms with van der Waals surface area (Å²) in [7, 11) is 0. The lowest BCUT2D eigenvalue weighted by Crippen LogP contribution is -1.84. The summed E-state index contributed by atoms with van der Waals surface area (Å²) in [6, 6.07) is 1.82. The second-order valence-corrected chi connectivity index (χ2v) is 3.57. The summed E-state index contributed by atoms with van der Waals surface area (Å²) in [5.74, 6) is 0. The Bertz CT molecular complexity index is 239. The lowest BCUT2D eigenvalue weighted by Gasteiger charge is -1.97. The van der Waals surface area contributed by atoms with Gasteiger partial charge in [-0.25, -0.2) is 0 Å². The molecule has 0 aromatic carbocycles. The molecule has 1 aromatic rings. The van der Waals surface area contributed by atoms with E-state index in [0.717, 1.165) is 15.5 Å². The summed E-state index contributed by atoms with van der Waals surface area (Å²) in [5.41, 5.74) is 0.962. The molecule has 4 heteroatoms. The number of rotatable bonds is 1. The highest BCUT2D eigenvalue weighted by molar-refractivity contribution is 9.10. The standard InChI is InChI=1S/C6H4Br2ClN/c7-2-6-5(8)1-4(9)3-10-6/h1,3H,2H2. The second-order valence-electron chi connectivity index (χ2n) is 1.72. The number of hydrogen-bond acceptors (Lipinski definition) is 1. The Morgan fingerprint density at radius 2 is 2.30 bits per heavy atom. The molecule has 0 spiro atoms. The SMILES string of the molecule is Clc1cnc(CBr)c(Br)c1. The van der Waals surface area contributed by atoms with Gasteiger partial charge in [0.25, 0.3) is 0 Å². The zero-order chi connectivity index (χ0) is 7.56. The van der Waals surface area contributed by atoms with Crippen molar-refractivity contribution >= 4 is 43.5 Å². The highest BCUT2D eigenvalue weighted by atomic mass is 79.9. The number of pyridine rings is 1. The highest BCUT2D eigenvalue weighted by Crippen LogP contribution is 2.20. The van der Waals surface area contributed by atoms with Gasteiger partial charge in [-0.1, -0.05) is 27.5 Å². The van der Waals surface area contributed by atoms with Gasteiger partial charge in [-0.15, -0.1) is 0 Å². The van der Waals surface area contributed by atoms with Gasteiger partial charge in [0.1, 0.15) is 0 Å². The van der Waals surface area contributed by atoms with E-state index in [0.29, 0.717) is 5.02 Å². The van der Waals surface area contributed by atoms with Crippen molar-refractivity contribution in [3.05, 3.63) is 27.5 Å². The van der Waals surface area contributed by atoms with Crippen LogP contribution >= 0.6 is 43.5 Å². The molecule has 0 aliphatic rings. The molecule has 0 fully saturated rings. The van der Waals surface area contributed by atoms with Crippen LogP contribution in [-0.2, 0) is 5.33 Å². The Morgan fingerprint density at radius 3 is 2.80 bits per heavy atom. The van der Waals surface area contributed by atoms with Crippen LogP contribution in [0.3, 0.4) is 0 Å². The average Bonchev–Trinajstić information content (AvgIpc) is 1.88. The molecular weight excluding hydrogens is 281 g/mol. The van der Waals surface area contributed by atoms with Crippen molar-refractivity contribution in [2.75, 3.05) is 0 Å². The molecule has 0 amide bonds. The maximum Gasteiger partial charge on any atom is 0.0651 e. The summed E-state index contributed by atoms with van der Waals surface area (Å²) >= 11 is 12.3. The van der Waals surface area contributed by atoms with E-state index in [2.05, 4.69) is 36.8 Å². The third kappa shape index (κ3) is 1.94. The van der Waals surface area contributed by atoms with Gasteiger partial charge in [0.05, 0.1) is 10.7 Å². The number of halogens is 3. The number of nitrogens with zero attached hydrogens (tertiary/aromatic N) is 1. The van der Waals surface area contributed by atoms with Gasteiger partial charge in [0.2, 0.25) is 0 Å². The number of alkyl halides is 1. The maximum absolute atomic E-state index is 5.67.